The van der Waals surface area contributed by atoms with Gasteiger partial charge in [0.25, 0.3) is 0 Å². The summed E-state index contributed by atoms with van der Waals surface area (Å²) in [6, 6.07) is 4.42. The third-order valence-corrected chi connectivity index (χ3v) is 5.91. The van der Waals surface area contributed by atoms with Crippen molar-refractivity contribution in [3.63, 3.8) is 0 Å². The van der Waals surface area contributed by atoms with Crippen LogP contribution in [0.15, 0.2) is 18.3 Å². The zero-order valence-corrected chi connectivity index (χ0v) is 13.7. The minimum absolute atomic E-state index is 0. The van der Waals surface area contributed by atoms with Crippen molar-refractivity contribution in [2.45, 2.75) is 51.6 Å². The fourth-order valence-corrected chi connectivity index (χ4v) is 4.87. The predicted octanol–water partition coefficient (Wildman–Crippen LogP) is 4.18. The maximum Gasteiger partial charge on any atom is 0.104 e. The molecule has 1 aliphatic heterocycles. The molecule has 1 aliphatic carbocycles. The number of aryl methyl sites for hydroxylation is 1. The van der Waals surface area contributed by atoms with Crippen LogP contribution in [0.4, 0.5) is 0 Å². The Morgan fingerprint density at radius 1 is 1.20 bits per heavy atom. The lowest BCUT2D eigenvalue weighted by Crippen LogP contribution is -2.35. The first-order valence-electron chi connectivity index (χ1n) is 7.23. The summed E-state index contributed by atoms with van der Waals surface area (Å²) in [4.78, 5) is 1.64. The molecule has 0 bridgehead atoms. The number of aromatic nitrogens is 1. The molecule has 108 valence electrons. The summed E-state index contributed by atoms with van der Waals surface area (Å²) in [7, 11) is 0. The van der Waals surface area contributed by atoms with Gasteiger partial charge in [0.1, 0.15) is 5.00 Å². The lowest BCUT2D eigenvalue weighted by molar-refractivity contribution is 0.393. The first-order valence-corrected chi connectivity index (χ1v) is 8.05. The van der Waals surface area contributed by atoms with E-state index in [-0.39, 0.29) is 17.9 Å². The van der Waals surface area contributed by atoms with Gasteiger partial charge >= 0.3 is 0 Å². The highest BCUT2D eigenvalue weighted by atomic mass is 35.5. The van der Waals surface area contributed by atoms with Gasteiger partial charge in [-0.05, 0) is 57.2 Å². The van der Waals surface area contributed by atoms with E-state index in [0.717, 1.165) is 6.54 Å². The van der Waals surface area contributed by atoms with Crippen molar-refractivity contribution >= 4 is 23.7 Å². The van der Waals surface area contributed by atoms with E-state index in [0.29, 0.717) is 0 Å². The highest BCUT2D eigenvalue weighted by Gasteiger charge is 2.31. The number of rotatable bonds is 0. The molecular formula is C16H21ClN2S. The highest BCUT2D eigenvalue weighted by Crippen LogP contribution is 2.40. The van der Waals surface area contributed by atoms with Gasteiger partial charge in [-0.25, -0.2) is 0 Å². The fraction of sp³-hybridized carbons (Fsp3) is 0.500. The summed E-state index contributed by atoms with van der Waals surface area (Å²) in [6.07, 6.45) is 7.51. The molecule has 0 unspecified atom stereocenters. The van der Waals surface area contributed by atoms with E-state index in [1.807, 2.05) is 11.3 Å². The van der Waals surface area contributed by atoms with Crippen LogP contribution < -0.4 is 5.32 Å². The quantitative estimate of drug-likeness (QED) is 0.772. The van der Waals surface area contributed by atoms with Gasteiger partial charge in [0.2, 0.25) is 0 Å². The van der Waals surface area contributed by atoms with Crippen LogP contribution >= 0.6 is 23.7 Å². The second kappa shape index (κ2) is 4.90. The number of hydrogen-bond acceptors (Lipinski definition) is 2. The Kier molecular flexibility index (Phi) is 3.47. The standard InChI is InChI=1S/C16H20N2S.ClH/c1-16(2)14-8-5-9-18(14)15-12(10-17-16)11-6-3-4-7-13(11)19-15;/h5,8-9,17H,3-4,6-7,10H2,1-2H3;1H. The maximum absolute atomic E-state index is 3.74. The molecular weight excluding hydrogens is 288 g/mol. The molecule has 0 saturated carbocycles. The van der Waals surface area contributed by atoms with Gasteiger partial charge in [-0.3, -0.25) is 0 Å². The van der Waals surface area contributed by atoms with E-state index in [2.05, 4.69) is 42.1 Å². The van der Waals surface area contributed by atoms with Crippen molar-refractivity contribution in [2.24, 2.45) is 0 Å². The number of fused-ring (bicyclic) bond motifs is 5. The molecule has 0 radical (unpaired) electrons. The SMILES string of the molecule is CC1(C)NCc2c(sc3c2CCCC3)-n2cccc21.Cl. The average Bonchev–Trinajstić information content (AvgIpc) is 2.99. The van der Waals surface area contributed by atoms with E-state index < -0.39 is 0 Å². The summed E-state index contributed by atoms with van der Waals surface area (Å²) in [6.45, 7) is 5.57. The van der Waals surface area contributed by atoms with Crippen LogP contribution in [0.1, 0.15) is 48.4 Å². The van der Waals surface area contributed by atoms with Crippen molar-refractivity contribution in [1.29, 1.82) is 0 Å². The van der Waals surface area contributed by atoms with E-state index in [1.165, 1.54) is 36.4 Å². The Bertz CT molecular complexity index is 639. The van der Waals surface area contributed by atoms with Crippen molar-refractivity contribution < 1.29 is 0 Å². The van der Waals surface area contributed by atoms with Crippen LogP contribution in [0.2, 0.25) is 0 Å². The maximum atomic E-state index is 3.74. The molecule has 4 rings (SSSR count). The molecule has 0 atom stereocenters. The molecule has 2 aromatic heterocycles. The fourth-order valence-electron chi connectivity index (χ4n) is 3.46. The molecule has 0 aromatic carbocycles. The van der Waals surface area contributed by atoms with Crippen molar-refractivity contribution in [1.82, 2.24) is 9.88 Å². The van der Waals surface area contributed by atoms with Crippen LogP contribution in [-0.2, 0) is 24.9 Å². The molecule has 0 saturated heterocycles. The second-order valence-corrected chi connectivity index (χ2v) is 7.32. The Labute approximate surface area is 130 Å². The molecule has 0 fully saturated rings. The average molecular weight is 309 g/mol. The van der Waals surface area contributed by atoms with Crippen LogP contribution in [0, 0.1) is 0 Å². The molecule has 0 spiro atoms. The summed E-state index contributed by atoms with van der Waals surface area (Å²) in [5, 5.41) is 5.20. The molecule has 2 aliphatic rings. The Morgan fingerprint density at radius 3 is 2.85 bits per heavy atom. The summed E-state index contributed by atoms with van der Waals surface area (Å²) in [5.74, 6) is 0. The summed E-state index contributed by atoms with van der Waals surface area (Å²) in [5.41, 5.74) is 4.63. The monoisotopic (exact) mass is 308 g/mol. The van der Waals surface area contributed by atoms with Gasteiger partial charge in [-0.2, -0.15) is 0 Å². The molecule has 2 aromatic rings. The molecule has 2 nitrogen and oxygen atoms in total. The summed E-state index contributed by atoms with van der Waals surface area (Å²) < 4.78 is 2.42. The smallest absolute Gasteiger partial charge is 0.104 e. The van der Waals surface area contributed by atoms with E-state index >= 15 is 0 Å². The minimum Gasteiger partial charge on any atom is -0.310 e. The third kappa shape index (κ3) is 1.95. The molecule has 0 amide bonds. The minimum atomic E-state index is 0. The Hall–Kier alpha value is -0.770. The van der Waals surface area contributed by atoms with Crippen LogP contribution in [-0.4, -0.2) is 4.57 Å². The number of nitrogens with one attached hydrogen (secondary N) is 1. The van der Waals surface area contributed by atoms with Crippen molar-refractivity contribution in [2.75, 3.05) is 0 Å². The van der Waals surface area contributed by atoms with Crippen LogP contribution in [0.25, 0.3) is 5.00 Å². The van der Waals surface area contributed by atoms with Gasteiger partial charge in [-0.1, -0.05) is 0 Å². The zero-order chi connectivity index (χ0) is 13.0. The highest BCUT2D eigenvalue weighted by molar-refractivity contribution is 7.15. The lowest BCUT2D eigenvalue weighted by atomic mass is 9.95. The topological polar surface area (TPSA) is 17.0 Å². The largest absolute Gasteiger partial charge is 0.310 e. The van der Waals surface area contributed by atoms with Crippen LogP contribution in [0.5, 0.6) is 0 Å². The van der Waals surface area contributed by atoms with Gasteiger partial charge < -0.3 is 9.88 Å². The van der Waals surface area contributed by atoms with Gasteiger partial charge in [-0.15, -0.1) is 23.7 Å². The van der Waals surface area contributed by atoms with Gasteiger partial charge in [0.15, 0.2) is 0 Å². The molecule has 4 heteroatoms. The van der Waals surface area contributed by atoms with Gasteiger partial charge in [0.05, 0.1) is 5.54 Å². The number of thiophene rings is 1. The zero-order valence-electron chi connectivity index (χ0n) is 12.0. The first-order chi connectivity index (χ1) is 9.17. The lowest BCUT2D eigenvalue weighted by Gasteiger charge is -2.25. The van der Waals surface area contributed by atoms with Crippen molar-refractivity contribution in [3.8, 4) is 5.00 Å². The molecule has 3 heterocycles. The Morgan fingerprint density at radius 2 is 2.00 bits per heavy atom. The second-order valence-electron chi connectivity index (χ2n) is 6.24. The number of halogens is 1. The Balaban J connectivity index is 0.00000121. The normalized spacial score (nSPS) is 19.3. The number of hydrogen-bond donors (Lipinski definition) is 1. The summed E-state index contributed by atoms with van der Waals surface area (Å²) >= 11 is 2.02. The van der Waals surface area contributed by atoms with Gasteiger partial charge in [0, 0.05) is 28.9 Å². The molecule has 1 N–H and O–H groups in total. The van der Waals surface area contributed by atoms with Crippen LogP contribution in [0.3, 0.4) is 0 Å². The number of nitrogens with zero attached hydrogens (tertiary/aromatic N) is 1. The van der Waals surface area contributed by atoms with E-state index in [4.69, 9.17) is 0 Å². The van der Waals surface area contributed by atoms with E-state index in [9.17, 15) is 0 Å². The van der Waals surface area contributed by atoms with Crippen molar-refractivity contribution in [3.05, 3.63) is 40.0 Å². The van der Waals surface area contributed by atoms with E-state index in [1.54, 1.807) is 16.0 Å². The first kappa shape index (κ1) is 14.2. The molecule has 20 heavy (non-hydrogen) atoms. The third-order valence-electron chi connectivity index (χ3n) is 4.57. The predicted molar refractivity (Wildman–Crippen MR) is 87.4 cm³/mol.